The van der Waals surface area contributed by atoms with Crippen LogP contribution in [0.3, 0.4) is 0 Å². The van der Waals surface area contributed by atoms with Gasteiger partial charge in [0.15, 0.2) is 5.03 Å². The van der Waals surface area contributed by atoms with Crippen molar-refractivity contribution in [3.63, 3.8) is 0 Å². The summed E-state index contributed by atoms with van der Waals surface area (Å²) >= 11 is 5.79. The normalized spacial score (nSPS) is 18.0. The van der Waals surface area contributed by atoms with Crippen LogP contribution in [0.4, 0.5) is 0 Å². The zero-order chi connectivity index (χ0) is 16.1. The molecule has 0 aromatic carbocycles. The van der Waals surface area contributed by atoms with E-state index in [-0.39, 0.29) is 0 Å². The van der Waals surface area contributed by atoms with Crippen LogP contribution in [0.25, 0.3) is 0 Å². The molecule has 0 radical (unpaired) electrons. The van der Waals surface area contributed by atoms with E-state index in [2.05, 4.69) is 15.0 Å². The Morgan fingerprint density at radius 3 is 2.73 bits per heavy atom. The zero-order valence-corrected chi connectivity index (χ0v) is 13.4. The highest BCUT2D eigenvalue weighted by Gasteiger charge is 2.29. The highest BCUT2D eigenvalue weighted by atomic mass is 35.5. The Hall–Kier alpha value is -1.93. The first-order chi connectivity index (χ1) is 10.5. The average molecular weight is 327 g/mol. The molecule has 22 heavy (non-hydrogen) atoms. The number of hydrazone groups is 1. The van der Waals surface area contributed by atoms with E-state index >= 15 is 0 Å². The van der Waals surface area contributed by atoms with Crippen molar-refractivity contribution in [1.29, 1.82) is 0 Å². The molecule has 0 atom stereocenters. The summed E-state index contributed by atoms with van der Waals surface area (Å²) in [6.07, 6.45) is 2.56. The quantitative estimate of drug-likeness (QED) is 0.465. The first kappa shape index (κ1) is 16.4. The number of pyridine rings is 1. The van der Waals surface area contributed by atoms with Crippen molar-refractivity contribution in [3.8, 4) is 0 Å². The lowest BCUT2D eigenvalue weighted by Crippen LogP contribution is -2.57. The van der Waals surface area contributed by atoms with Crippen LogP contribution >= 0.6 is 11.6 Å². The Bertz CT molecular complexity index is 550. The van der Waals surface area contributed by atoms with Gasteiger partial charge in [-0.3, -0.25) is 4.90 Å². The maximum atomic E-state index is 10.9. The fourth-order valence-electron chi connectivity index (χ4n) is 2.44. The van der Waals surface area contributed by atoms with Crippen LogP contribution in [-0.2, 0) is 6.54 Å². The Labute approximate surface area is 134 Å². The van der Waals surface area contributed by atoms with Gasteiger partial charge in [0.1, 0.15) is 10.3 Å². The van der Waals surface area contributed by atoms with Crippen LogP contribution < -0.4 is 0 Å². The maximum Gasteiger partial charge on any atom is 0.276 e. The molecule has 0 saturated carbocycles. The van der Waals surface area contributed by atoms with Crippen molar-refractivity contribution in [2.24, 2.45) is 5.10 Å². The molecule has 1 saturated heterocycles. The molecule has 1 aromatic heterocycles. The third-order valence-electron chi connectivity index (χ3n) is 3.22. The summed E-state index contributed by atoms with van der Waals surface area (Å²) in [6, 6.07) is 3.57. The molecule has 0 bridgehead atoms. The second-order valence-electron chi connectivity index (χ2n) is 5.23. The molecule has 0 N–H and O–H groups in total. The number of nitro groups is 1. The third-order valence-corrected chi connectivity index (χ3v) is 3.44. The Morgan fingerprint density at radius 2 is 2.14 bits per heavy atom. The lowest BCUT2D eigenvalue weighted by molar-refractivity contribution is -0.486. The van der Waals surface area contributed by atoms with Gasteiger partial charge in [-0.25, -0.2) is 15.1 Å². The molecule has 0 spiro atoms. The number of halogens is 1. The minimum Gasteiger partial charge on any atom is -0.324 e. The predicted octanol–water partition coefficient (Wildman–Crippen LogP) is 1.66. The molecule has 0 unspecified atom stereocenters. The van der Waals surface area contributed by atoms with Gasteiger partial charge in [-0.2, -0.15) is 0 Å². The zero-order valence-electron chi connectivity index (χ0n) is 12.6. The fraction of sp³-hybridized carbons (Fsp3) is 0.538. The lowest BCUT2D eigenvalue weighted by atomic mass is 10.2. The fourth-order valence-corrected chi connectivity index (χ4v) is 2.55. The molecule has 2 heterocycles. The summed E-state index contributed by atoms with van der Waals surface area (Å²) < 4.78 is 0. The lowest BCUT2D eigenvalue weighted by Gasteiger charge is -2.41. The highest BCUT2D eigenvalue weighted by Crippen LogP contribution is 2.15. The number of nitrogens with zero attached hydrogens (tertiary/aromatic N) is 6. The molecule has 1 aliphatic rings. The predicted molar refractivity (Wildman–Crippen MR) is 83.7 cm³/mol. The number of rotatable bonds is 5. The Balaban J connectivity index is 2.23. The van der Waals surface area contributed by atoms with E-state index in [1.165, 1.54) is 0 Å². The average Bonchev–Trinajstić information content (AvgIpc) is 2.45. The van der Waals surface area contributed by atoms with Crippen LogP contribution in [0.1, 0.15) is 18.9 Å². The van der Waals surface area contributed by atoms with Crippen LogP contribution in [0.15, 0.2) is 23.4 Å². The molecule has 2 rings (SSSR count). The van der Waals surface area contributed by atoms with Gasteiger partial charge in [-0.15, -0.1) is 0 Å². The molecule has 0 amide bonds. The second kappa shape index (κ2) is 7.37. The standard InChI is InChI=1S/C13H19ClN6O2/c1-3-6-18-9-17(2)10-19(13(18)16-20(21)22)8-11-4-5-12(14)15-7-11/h4-5,7H,3,6,8-10H2,1-2H3/b16-13-. The molecule has 1 aliphatic heterocycles. The SMILES string of the molecule is CCCN1CN(C)CN(Cc2ccc(Cl)nc2)/C1=N\[N+](=O)[O-]. The third kappa shape index (κ3) is 4.28. The summed E-state index contributed by atoms with van der Waals surface area (Å²) in [5, 5.41) is 14.2. The van der Waals surface area contributed by atoms with Crippen molar-refractivity contribution in [2.75, 3.05) is 26.9 Å². The summed E-state index contributed by atoms with van der Waals surface area (Å²) in [4.78, 5) is 20.8. The highest BCUT2D eigenvalue weighted by molar-refractivity contribution is 6.29. The minimum absolute atomic E-state index is 0.389. The van der Waals surface area contributed by atoms with Crippen molar-refractivity contribution >= 4 is 17.6 Å². The van der Waals surface area contributed by atoms with Crippen molar-refractivity contribution < 1.29 is 5.03 Å². The Morgan fingerprint density at radius 1 is 1.41 bits per heavy atom. The number of aromatic nitrogens is 1. The first-order valence-corrected chi connectivity index (χ1v) is 7.39. The summed E-state index contributed by atoms with van der Waals surface area (Å²) in [5.41, 5.74) is 0.923. The van der Waals surface area contributed by atoms with E-state index in [1.54, 1.807) is 12.3 Å². The topological polar surface area (TPSA) is 78.1 Å². The van der Waals surface area contributed by atoms with Gasteiger partial charge >= 0.3 is 0 Å². The van der Waals surface area contributed by atoms with E-state index in [9.17, 15) is 10.1 Å². The first-order valence-electron chi connectivity index (χ1n) is 7.01. The van der Waals surface area contributed by atoms with Crippen LogP contribution in [0, 0.1) is 10.1 Å². The summed E-state index contributed by atoms with van der Waals surface area (Å²) in [5.74, 6) is 0.389. The Kier molecular flexibility index (Phi) is 5.51. The van der Waals surface area contributed by atoms with Gasteiger partial charge in [-0.1, -0.05) is 24.6 Å². The van der Waals surface area contributed by atoms with Gasteiger partial charge in [0.05, 0.1) is 13.3 Å². The van der Waals surface area contributed by atoms with Crippen LogP contribution in [-0.4, -0.2) is 57.6 Å². The van der Waals surface area contributed by atoms with Crippen molar-refractivity contribution in [1.82, 2.24) is 19.7 Å². The van der Waals surface area contributed by atoms with Gasteiger partial charge in [-0.05, 0) is 25.1 Å². The van der Waals surface area contributed by atoms with Crippen molar-refractivity contribution in [2.45, 2.75) is 19.9 Å². The largest absolute Gasteiger partial charge is 0.324 e. The van der Waals surface area contributed by atoms with Crippen LogP contribution in [0.2, 0.25) is 5.15 Å². The van der Waals surface area contributed by atoms with Crippen LogP contribution in [0.5, 0.6) is 0 Å². The van der Waals surface area contributed by atoms with E-state index < -0.39 is 5.03 Å². The monoisotopic (exact) mass is 326 g/mol. The van der Waals surface area contributed by atoms with Gasteiger partial charge < -0.3 is 9.80 Å². The van der Waals surface area contributed by atoms with E-state index in [0.717, 1.165) is 12.0 Å². The molecule has 1 aromatic rings. The molecule has 8 nitrogen and oxygen atoms in total. The van der Waals surface area contributed by atoms with E-state index in [4.69, 9.17) is 11.6 Å². The van der Waals surface area contributed by atoms with E-state index in [1.807, 2.05) is 29.8 Å². The molecule has 1 fully saturated rings. The number of guanidine groups is 1. The smallest absolute Gasteiger partial charge is 0.276 e. The molecular formula is C13H19ClN6O2. The molecular weight excluding hydrogens is 308 g/mol. The van der Waals surface area contributed by atoms with Gasteiger partial charge in [0.25, 0.3) is 5.96 Å². The molecule has 9 heteroatoms. The van der Waals surface area contributed by atoms with Crippen molar-refractivity contribution in [3.05, 3.63) is 39.2 Å². The van der Waals surface area contributed by atoms with E-state index in [0.29, 0.717) is 37.5 Å². The number of hydrogen-bond donors (Lipinski definition) is 0. The molecule has 120 valence electrons. The summed E-state index contributed by atoms with van der Waals surface area (Å²) in [6.45, 7) is 4.42. The maximum absolute atomic E-state index is 10.9. The molecule has 0 aliphatic carbocycles. The summed E-state index contributed by atoms with van der Waals surface area (Å²) in [7, 11) is 1.97. The van der Waals surface area contributed by atoms with Gasteiger partial charge in [0, 0.05) is 19.3 Å². The number of hydrogen-bond acceptors (Lipinski definition) is 4. The van der Waals surface area contributed by atoms with Gasteiger partial charge in [0.2, 0.25) is 0 Å². The second-order valence-corrected chi connectivity index (χ2v) is 5.61. The minimum atomic E-state index is -0.642.